The molecule has 9 atom stereocenters. The molecule has 1 N–H and O–H groups in total. The molecule has 0 radical (unpaired) electrons. The van der Waals surface area contributed by atoms with Crippen LogP contribution < -0.4 is 0 Å². The van der Waals surface area contributed by atoms with Crippen molar-refractivity contribution in [2.75, 3.05) is 0 Å². The lowest BCUT2D eigenvalue weighted by molar-refractivity contribution is -0.189. The summed E-state index contributed by atoms with van der Waals surface area (Å²) in [5.41, 5.74) is 5.15. The topological polar surface area (TPSA) is 72.0 Å². The van der Waals surface area contributed by atoms with Gasteiger partial charge < -0.3 is 9.72 Å². The number of halogens is 1. The molecule has 5 nitrogen and oxygen atoms in total. The van der Waals surface area contributed by atoms with Gasteiger partial charge in [0.15, 0.2) is 5.78 Å². The predicted octanol–water partition coefficient (Wildman–Crippen LogP) is 9.40. The Labute approximate surface area is 274 Å². The summed E-state index contributed by atoms with van der Waals surface area (Å²) in [5, 5.41) is 0.727. The highest BCUT2D eigenvalue weighted by Gasteiger charge is 2.65. The maximum atomic E-state index is 13.9. The van der Waals surface area contributed by atoms with Gasteiger partial charge in [0, 0.05) is 30.2 Å². The number of aromatic nitrogens is 2. The molecule has 6 heteroatoms. The minimum absolute atomic E-state index is 0.0571. The summed E-state index contributed by atoms with van der Waals surface area (Å²) < 4.78 is 5.84. The zero-order valence-electron chi connectivity index (χ0n) is 28.0. The van der Waals surface area contributed by atoms with Crippen molar-refractivity contribution in [3.8, 4) is 11.3 Å². The third-order valence-corrected chi connectivity index (χ3v) is 14.1. The van der Waals surface area contributed by atoms with Gasteiger partial charge in [0.2, 0.25) is 0 Å². The van der Waals surface area contributed by atoms with Crippen LogP contribution in [0.4, 0.5) is 0 Å². The first kappa shape index (κ1) is 31.2. The van der Waals surface area contributed by atoms with Crippen LogP contribution in [-0.4, -0.2) is 27.8 Å². The van der Waals surface area contributed by atoms with Crippen molar-refractivity contribution >= 4 is 23.4 Å². The first-order valence-electron chi connectivity index (χ1n) is 17.6. The maximum absolute atomic E-state index is 13.9. The fourth-order valence-corrected chi connectivity index (χ4v) is 12.3. The molecule has 5 aliphatic carbocycles. The molecule has 45 heavy (non-hydrogen) atoms. The van der Waals surface area contributed by atoms with Crippen molar-refractivity contribution in [2.24, 2.45) is 51.8 Å². The van der Waals surface area contributed by atoms with Crippen molar-refractivity contribution in [2.45, 2.75) is 112 Å². The maximum Gasteiger partial charge on any atom is 0.302 e. The largest absolute Gasteiger partial charge is 0.462 e. The number of hydrogen-bond acceptors (Lipinski definition) is 4. The number of Topliss-reactive ketones (excluding diaryl/α,β-unsaturated/α-hetero) is 1. The molecule has 0 amide bonds. The number of allylic oxidation sites excluding steroid dienone is 2. The smallest absolute Gasteiger partial charge is 0.302 e. The van der Waals surface area contributed by atoms with Crippen LogP contribution in [0.25, 0.3) is 11.3 Å². The SMILES string of the molecule is CC(=O)OC1CCC2(C)C(CCC3(C)C4CCC5(Cc6ncc(-c7ccc(Cl)cc7)[nH]6)CC(=O)C(C(C)C)=C5C4CCC32)C1C. The van der Waals surface area contributed by atoms with E-state index in [2.05, 4.69) is 39.6 Å². The quantitative estimate of drug-likeness (QED) is 0.334. The Bertz CT molecular complexity index is 1520. The number of fused-ring (bicyclic) bond motifs is 7. The molecule has 4 fully saturated rings. The number of ether oxygens (including phenoxy) is 1. The summed E-state index contributed by atoms with van der Waals surface area (Å²) in [6.07, 6.45) is 12.7. The molecule has 242 valence electrons. The Balaban J connectivity index is 1.20. The molecule has 1 aromatic heterocycles. The van der Waals surface area contributed by atoms with Crippen molar-refractivity contribution in [3.05, 3.63) is 52.5 Å². The van der Waals surface area contributed by atoms with E-state index in [1.165, 1.54) is 37.7 Å². The summed E-state index contributed by atoms with van der Waals surface area (Å²) in [6, 6.07) is 7.89. The number of esters is 1. The van der Waals surface area contributed by atoms with Crippen LogP contribution in [-0.2, 0) is 20.7 Å². The molecule has 4 saturated carbocycles. The average Bonchev–Trinajstić information content (AvgIpc) is 3.56. The van der Waals surface area contributed by atoms with Crippen LogP contribution in [0.1, 0.15) is 105 Å². The fraction of sp³-hybridized carbons (Fsp3) is 0.667. The first-order chi connectivity index (χ1) is 21.4. The first-order valence-corrected chi connectivity index (χ1v) is 18.0. The van der Waals surface area contributed by atoms with Gasteiger partial charge in [-0.25, -0.2) is 4.98 Å². The van der Waals surface area contributed by atoms with E-state index >= 15 is 0 Å². The lowest BCUT2D eigenvalue weighted by Gasteiger charge is -2.67. The predicted molar refractivity (Wildman–Crippen MR) is 178 cm³/mol. The number of rotatable bonds is 5. The highest BCUT2D eigenvalue weighted by Crippen LogP contribution is 2.72. The zero-order valence-corrected chi connectivity index (χ0v) is 28.8. The van der Waals surface area contributed by atoms with Crippen LogP contribution in [0.2, 0.25) is 5.02 Å². The Kier molecular flexibility index (Phi) is 7.70. The molecule has 2 aromatic rings. The van der Waals surface area contributed by atoms with E-state index < -0.39 is 0 Å². The van der Waals surface area contributed by atoms with Gasteiger partial charge in [-0.05, 0) is 121 Å². The average molecular weight is 631 g/mol. The number of benzene rings is 1. The van der Waals surface area contributed by atoms with Crippen molar-refractivity contribution < 1.29 is 14.3 Å². The number of carbonyl (C=O) groups excluding carboxylic acids is 2. The van der Waals surface area contributed by atoms with E-state index in [4.69, 9.17) is 21.3 Å². The number of imidazole rings is 1. The van der Waals surface area contributed by atoms with Gasteiger partial charge in [-0.1, -0.05) is 63.9 Å². The van der Waals surface area contributed by atoms with Crippen molar-refractivity contribution in [1.29, 1.82) is 0 Å². The summed E-state index contributed by atoms with van der Waals surface area (Å²) in [5.74, 6) is 4.23. The van der Waals surface area contributed by atoms with Gasteiger partial charge in [0.05, 0.1) is 11.9 Å². The molecule has 0 aliphatic heterocycles. The zero-order chi connectivity index (χ0) is 31.9. The van der Waals surface area contributed by atoms with Gasteiger partial charge in [0.25, 0.3) is 0 Å². The Morgan fingerprint density at radius 1 is 1.02 bits per heavy atom. The fourth-order valence-electron chi connectivity index (χ4n) is 12.2. The van der Waals surface area contributed by atoms with Crippen LogP contribution in [0.5, 0.6) is 0 Å². The van der Waals surface area contributed by atoms with Crippen LogP contribution in [0, 0.1) is 51.8 Å². The molecular weight excluding hydrogens is 580 g/mol. The number of aromatic amines is 1. The molecule has 0 bridgehead atoms. The normalized spacial score (nSPS) is 39.2. The van der Waals surface area contributed by atoms with Gasteiger partial charge in [0.1, 0.15) is 11.9 Å². The Hall–Kier alpha value is -2.40. The minimum Gasteiger partial charge on any atom is -0.462 e. The minimum atomic E-state index is -0.140. The second-order valence-corrected chi connectivity index (χ2v) is 16.8. The highest BCUT2D eigenvalue weighted by molar-refractivity contribution is 6.30. The second kappa shape index (κ2) is 11.1. The van der Waals surface area contributed by atoms with Crippen LogP contribution in [0.15, 0.2) is 41.6 Å². The van der Waals surface area contributed by atoms with E-state index in [1.807, 2.05) is 30.5 Å². The molecule has 0 spiro atoms. The summed E-state index contributed by atoms with van der Waals surface area (Å²) in [4.78, 5) is 34.3. The molecule has 9 unspecified atom stereocenters. The van der Waals surface area contributed by atoms with Crippen LogP contribution >= 0.6 is 11.6 Å². The van der Waals surface area contributed by atoms with Gasteiger partial charge in [-0.2, -0.15) is 0 Å². The lowest BCUT2D eigenvalue weighted by atomic mass is 9.38. The van der Waals surface area contributed by atoms with Crippen molar-refractivity contribution in [3.63, 3.8) is 0 Å². The Morgan fingerprint density at radius 3 is 2.42 bits per heavy atom. The third-order valence-electron chi connectivity index (χ3n) is 13.9. The van der Waals surface area contributed by atoms with Crippen molar-refractivity contribution in [1.82, 2.24) is 9.97 Å². The summed E-state index contributed by atoms with van der Waals surface area (Å²) in [7, 11) is 0. The number of H-pyrrole nitrogens is 1. The van der Waals surface area contributed by atoms with E-state index in [-0.39, 0.29) is 34.2 Å². The van der Waals surface area contributed by atoms with Crippen LogP contribution in [0.3, 0.4) is 0 Å². The Morgan fingerprint density at radius 2 is 1.71 bits per heavy atom. The van der Waals surface area contributed by atoms with E-state index in [1.54, 1.807) is 6.92 Å². The number of carbonyl (C=O) groups is 2. The molecule has 0 saturated heterocycles. The summed E-state index contributed by atoms with van der Waals surface area (Å²) >= 11 is 6.15. The molecule has 7 rings (SSSR count). The highest BCUT2D eigenvalue weighted by atomic mass is 35.5. The van der Waals surface area contributed by atoms with E-state index in [0.717, 1.165) is 53.4 Å². The van der Waals surface area contributed by atoms with E-state index in [9.17, 15) is 9.59 Å². The second-order valence-electron chi connectivity index (χ2n) is 16.4. The van der Waals surface area contributed by atoms with Gasteiger partial charge in [-0.15, -0.1) is 0 Å². The molecule has 1 aromatic carbocycles. The molecule has 5 aliphatic rings. The van der Waals surface area contributed by atoms with Gasteiger partial charge in [-0.3, -0.25) is 9.59 Å². The number of ketones is 1. The molecular formula is C39H51ClN2O3. The molecule has 1 heterocycles. The summed E-state index contributed by atoms with van der Waals surface area (Å²) in [6.45, 7) is 13.6. The number of nitrogens with zero attached hydrogens (tertiary/aromatic N) is 1. The van der Waals surface area contributed by atoms with Gasteiger partial charge >= 0.3 is 5.97 Å². The third kappa shape index (κ3) is 4.88. The lowest BCUT2D eigenvalue weighted by Crippen LogP contribution is -2.60. The van der Waals surface area contributed by atoms with E-state index in [0.29, 0.717) is 41.8 Å². The standard InChI is InChI=1S/C39H51ClN2O3/c1-22(2)35-31(44)19-39(20-34-41-21-30(42-34)25-7-9-26(40)10-8-25)18-14-29-27(36(35)39)11-12-33-37(5)17-15-32(45-24(4)43)23(3)28(37)13-16-38(29,33)6/h7-10,21-23,27-29,32-33H,11-20H2,1-6H3,(H,41,42). The number of hydrogen-bond donors (Lipinski definition) is 1. The number of nitrogens with one attached hydrogen (secondary N) is 1. The monoisotopic (exact) mass is 630 g/mol.